The Morgan fingerprint density at radius 2 is 1.95 bits per heavy atom. The molecule has 0 unspecified atom stereocenters. The van der Waals surface area contributed by atoms with Crippen molar-refractivity contribution in [3.63, 3.8) is 0 Å². The maximum atomic E-state index is 11.9. The van der Waals surface area contributed by atoms with E-state index in [0.29, 0.717) is 11.1 Å². The second-order valence-electron chi connectivity index (χ2n) is 4.07. The van der Waals surface area contributed by atoms with Crippen LogP contribution in [0.5, 0.6) is 0 Å². The first-order chi connectivity index (χ1) is 9.63. The number of primary amides is 1. The van der Waals surface area contributed by atoms with E-state index < -0.39 is 11.9 Å². The van der Waals surface area contributed by atoms with E-state index in [1.54, 1.807) is 6.92 Å². The number of carbonyl (C=O) groups is 2. The zero-order chi connectivity index (χ0) is 14.5. The van der Waals surface area contributed by atoms with Gasteiger partial charge >= 0.3 is 5.97 Å². The van der Waals surface area contributed by atoms with Crippen LogP contribution < -0.4 is 5.73 Å². The van der Waals surface area contributed by atoms with Gasteiger partial charge in [0.25, 0.3) is 5.91 Å². The highest BCUT2D eigenvalue weighted by atomic mass is 16.5. The lowest BCUT2D eigenvalue weighted by Crippen LogP contribution is -2.15. The number of esters is 1. The van der Waals surface area contributed by atoms with Crippen LogP contribution in [-0.2, 0) is 4.74 Å². The van der Waals surface area contributed by atoms with Crippen LogP contribution in [0, 0.1) is 0 Å². The van der Waals surface area contributed by atoms with E-state index >= 15 is 0 Å². The molecule has 2 N–H and O–H groups in total. The Bertz CT molecular complexity index is 639. The largest absolute Gasteiger partial charge is 0.462 e. The van der Waals surface area contributed by atoms with Gasteiger partial charge in [-0.15, -0.1) is 0 Å². The van der Waals surface area contributed by atoms with Crippen LogP contribution in [0.2, 0.25) is 0 Å². The van der Waals surface area contributed by atoms with Crippen LogP contribution in [0.3, 0.4) is 0 Å². The summed E-state index contributed by atoms with van der Waals surface area (Å²) in [4.78, 5) is 27.1. The summed E-state index contributed by atoms with van der Waals surface area (Å²) in [5.74, 6) is -1.12. The van der Waals surface area contributed by atoms with Crippen LogP contribution in [0.1, 0.15) is 27.8 Å². The molecule has 0 saturated heterocycles. The molecule has 5 nitrogen and oxygen atoms in total. The molecule has 102 valence electrons. The second kappa shape index (κ2) is 5.97. The number of hydrogen-bond acceptors (Lipinski definition) is 4. The van der Waals surface area contributed by atoms with E-state index in [1.165, 1.54) is 12.3 Å². The molecule has 0 aliphatic carbocycles. The summed E-state index contributed by atoms with van der Waals surface area (Å²) in [5, 5.41) is 0. The lowest BCUT2D eigenvalue weighted by atomic mass is 10.0. The van der Waals surface area contributed by atoms with E-state index in [0.717, 1.165) is 5.56 Å². The van der Waals surface area contributed by atoms with Gasteiger partial charge in [0.15, 0.2) is 0 Å². The van der Waals surface area contributed by atoms with Crippen molar-refractivity contribution in [2.75, 3.05) is 6.61 Å². The Morgan fingerprint density at radius 1 is 1.25 bits per heavy atom. The van der Waals surface area contributed by atoms with Gasteiger partial charge in [0.05, 0.1) is 12.2 Å². The first kappa shape index (κ1) is 13.7. The predicted molar refractivity (Wildman–Crippen MR) is 74.1 cm³/mol. The van der Waals surface area contributed by atoms with Gasteiger partial charge in [0.2, 0.25) is 0 Å². The number of pyridine rings is 1. The van der Waals surface area contributed by atoms with E-state index in [-0.39, 0.29) is 12.3 Å². The smallest absolute Gasteiger partial charge is 0.340 e. The second-order valence-corrected chi connectivity index (χ2v) is 4.07. The number of benzene rings is 1. The van der Waals surface area contributed by atoms with Gasteiger partial charge in [0, 0.05) is 11.8 Å². The summed E-state index contributed by atoms with van der Waals surface area (Å²) in [5.41, 5.74) is 7.01. The molecule has 0 radical (unpaired) electrons. The number of nitrogens with two attached hydrogens (primary N) is 1. The van der Waals surface area contributed by atoms with E-state index in [9.17, 15) is 9.59 Å². The molecule has 1 aromatic carbocycles. The Hall–Kier alpha value is -2.69. The van der Waals surface area contributed by atoms with Gasteiger partial charge in [-0.3, -0.25) is 9.78 Å². The Labute approximate surface area is 116 Å². The molecule has 0 aliphatic heterocycles. The first-order valence-electron chi connectivity index (χ1n) is 6.16. The molecular formula is C15H14N2O3. The number of amides is 1. The summed E-state index contributed by atoms with van der Waals surface area (Å²) in [6, 6.07) is 10.7. The van der Waals surface area contributed by atoms with Crippen LogP contribution in [-0.4, -0.2) is 23.5 Å². The van der Waals surface area contributed by atoms with Crippen LogP contribution in [0.25, 0.3) is 11.1 Å². The molecule has 1 heterocycles. The van der Waals surface area contributed by atoms with Crippen LogP contribution in [0.4, 0.5) is 0 Å². The predicted octanol–water partition coefficient (Wildman–Crippen LogP) is 2.02. The van der Waals surface area contributed by atoms with E-state index in [4.69, 9.17) is 10.5 Å². The van der Waals surface area contributed by atoms with Gasteiger partial charge < -0.3 is 10.5 Å². The third kappa shape index (κ3) is 2.83. The lowest BCUT2D eigenvalue weighted by Gasteiger charge is -2.09. The van der Waals surface area contributed by atoms with Gasteiger partial charge in [-0.25, -0.2) is 4.79 Å². The van der Waals surface area contributed by atoms with Crippen molar-refractivity contribution < 1.29 is 14.3 Å². The number of nitrogens with zero attached hydrogens (tertiary/aromatic N) is 1. The van der Waals surface area contributed by atoms with E-state index in [1.807, 2.05) is 30.3 Å². The molecular weight excluding hydrogens is 256 g/mol. The zero-order valence-electron chi connectivity index (χ0n) is 11.0. The quantitative estimate of drug-likeness (QED) is 0.862. The van der Waals surface area contributed by atoms with Crippen molar-refractivity contribution in [1.82, 2.24) is 4.98 Å². The average Bonchev–Trinajstić information content (AvgIpc) is 2.47. The molecule has 20 heavy (non-hydrogen) atoms. The molecule has 5 heteroatoms. The van der Waals surface area contributed by atoms with Crippen molar-refractivity contribution in [3.05, 3.63) is 53.9 Å². The van der Waals surface area contributed by atoms with Crippen LogP contribution >= 0.6 is 0 Å². The molecule has 0 atom stereocenters. The van der Waals surface area contributed by atoms with Crippen molar-refractivity contribution in [3.8, 4) is 11.1 Å². The molecule has 0 aliphatic rings. The summed E-state index contributed by atoms with van der Waals surface area (Å²) in [6.07, 6.45) is 1.32. The lowest BCUT2D eigenvalue weighted by molar-refractivity contribution is 0.0526. The fourth-order valence-electron chi connectivity index (χ4n) is 1.82. The van der Waals surface area contributed by atoms with Crippen molar-refractivity contribution in [2.24, 2.45) is 5.73 Å². The van der Waals surface area contributed by atoms with Gasteiger partial charge in [-0.1, -0.05) is 30.3 Å². The van der Waals surface area contributed by atoms with Gasteiger partial charge in [-0.2, -0.15) is 0 Å². The molecule has 1 amide bonds. The summed E-state index contributed by atoms with van der Waals surface area (Å²) in [7, 11) is 0. The Kier molecular flexibility index (Phi) is 4.10. The molecule has 1 aromatic heterocycles. The number of carbonyl (C=O) groups excluding carboxylic acids is 2. The van der Waals surface area contributed by atoms with Gasteiger partial charge in [0.1, 0.15) is 5.69 Å². The number of rotatable bonds is 4. The zero-order valence-corrected chi connectivity index (χ0v) is 11.0. The monoisotopic (exact) mass is 270 g/mol. The number of hydrogen-bond donors (Lipinski definition) is 1. The van der Waals surface area contributed by atoms with E-state index in [2.05, 4.69) is 4.98 Å². The molecule has 2 rings (SSSR count). The minimum absolute atomic E-state index is 0.108. The maximum Gasteiger partial charge on any atom is 0.340 e. The minimum Gasteiger partial charge on any atom is -0.462 e. The summed E-state index contributed by atoms with van der Waals surface area (Å²) in [6.45, 7) is 2.00. The minimum atomic E-state index is -0.641. The van der Waals surface area contributed by atoms with Crippen molar-refractivity contribution in [1.29, 1.82) is 0 Å². The number of aromatic nitrogens is 1. The molecule has 0 fully saturated rings. The summed E-state index contributed by atoms with van der Waals surface area (Å²) < 4.78 is 5.00. The van der Waals surface area contributed by atoms with Crippen molar-refractivity contribution >= 4 is 11.9 Å². The first-order valence-corrected chi connectivity index (χ1v) is 6.16. The molecule has 2 aromatic rings. The molecule has 0 saturated carbocycles. The fourth-order valence-corrected chi connectivity index (χ4v) is 1.82. The molecule has 0 spiro atoms. The SMILES string of the molecule is CCOC(=O)c1cnc(C(N)=O)cc1-c1ccccc1. The van der Waals surface area contributed by atoms with Crippen LogP contribution in [0.15, 0.2) is 42.6 Å². The normalized spacial score (nSPS) is 10.1. The highest BCUT2D eigenvalue weighted by Gasteiger charge is 2.16. The number of ether oxygens (including phenoxy) is 1. The fraction of sp³-hybridized carbons (Fsp3) is 0.133. The molecule has 0 bridgehead atoms. The van der Waals surface area contributed by atoms with Gasteiger partial charge in [-0.05, 0) is 18.6 Å². The third-order valence-corrected chi connectivity index (χ3v) is 2.74. The highest BCUT2D eigenvalue weighted by Crippen LogP contribution is 2.24. The topological polar surface area (TPSA) is 82.3 Å². The standard InChI is InChI=1S/C15H14N2O3/c1-2-20-15(19)12-9-17-13(14(16)18)8-11(12)10-6-4-3-5-7-10/h3-9H,2H2,1H3,(H2,16,18). The Balaban J connectivity index is 2.57. The maximum absolute atomic E-state index is 11.9. The highest BCUT2D eigenvalue weighted by molar-refractivity contribution is 5.99. The average molecular weight is 270 g/mol. The third-order valence-electron chi connectivity index (χ3n) is 2.74. The van der Waals surface area contributed by atoms with Crippen molar-refractivity contribution in [2.45, 2.75) is 6.92 Å². The Morgan fingerprint density at radius 3 is 2.55 bits per heavy atom. The summed E-state index contributed by atoms with van der Waals surface area (Å²) >= 11 is 0.